The van der Waals surface area contributed by atoms with Gasteiger partial charge in [0.2, 0.25) is 0 Å². The number of benzene rings is 3. The first-order valence-electron chi connectivity index (χ1n) is 11.3. The summed E-state index contributed by atoms with van der Waals surface area (Å²) < 4.78 is 6.47. The van der Waals surface area contributed by atoms with E-state index in [-0.39, 0.29) is 35.8 Å². The van der Waals surface area contributed by atoms with Gasteiger partial charge in [0.15, 0.2) is 11.5 Å². The lowest BCUT2D eigenvalue weighted by atomic mass is 9.85. The molecule has 7 nitrogen and oxygen atoms in total. The fourth-order valence-electron chi connectivity index (χ4n) is 4.51. The van der Waals surface area contributed by atoms with E-state index in [2.05, 4.69) is 0 Å². The molecule has 0 aliphatic carbocycles. The summed E-state index contributed by atoms with van der Waals surface area (Å²) in [5, 5.41) is 32.1. The zero-order chi connectivity index (χ0) is 25.1. The molecule has 4 aromatic rings. The molecule has 1 unspecified atom stereocenters. The van der Waals surface area contributed by atoms with E-state index in [0.29, 0.717) is 12.1 Å². The van der Waals surface area contributed by atoms with E-state index in [0.717, 1.165) is 21.9 Å². The second kappa shape index (κ2) is 9.93. The van der Waals surface area contributed by atoms with E-state index < -0.39 is 17.4 Å². The smallest absolute Gasteiger partial charge is 0.306 e. The van der Waals surface area contributed by atoms with Gasteiger partial charge in [-0.05, 0) is 53.4 Å². The monoisotopic (exact) mass is 473 g/mol. The average Bonchev–Trinajstić information content (AvgIpc) is 2.84. The highest BCUT2D eigenvalue weighted by atomic mass is 16.5. The van der Waals surface area contributed by atoms with Crippen LogP contribution in [0.3, 0.4) is 0 Å². The molecule has 3 aromatic carbocycles. The van der Waals surface area contributed by atoms with Crippen molar-refractivity contribution in [3.8, 4) is 17.2 Å². The highest BCUT2D eigenvalue weighted by Crippen LogP contribution is 2.36. The van der Waals surface area contributed by atoms with Crippen LogP contribution in [0.4, 0.5) is 0 Å². The van der Waals surface area contributed by atoms with Crippen molar-refractivity contribution in [2.24, 2.45) is 0 Å². The Morgan fingerprint density at radius 2 is 1.69 bits per heavy atom. The van der Waals surface area contributed by atoms with E-state index in [9.17, 15) is 24.9 Å². The van der Waals surface area contributed by atoms with Crippen molar-refractivity contribution in [3.63, 3.8) is 0 Å². The van der Waals surface area contributed by atoms with Crippen LogP contribution in [-0.4, -0.2) is 33.0 Å². The van der Waals surface area contributed by atoms with Crippen molar-refractivity contribution in [1.82, 2.24) is 4.57 Å². The molecule has 7 heteroatoms. The second-order valence-corrected chi connectivity index (χ2v) is 8.52. The molecule has 4 rings (SSSR count). The summed E-state index contributed by atoms with van der Waals surface area (Å²) in [6.07, 6.45) is 0.303. The molecule has 3 N–H and O–H groups in total. The predicted molar refractivity (Wildman–Crippen MR) is 133 cm³/mol. The lowest BCUT2D eigenvalue weighted by Gasteiger charge is -2.22. The van der Waals surface area contributed by atoms with Crippen LogP contribution in [0.15, 0.2) is 71.5 Å². The number of ether oxygens (including phenoxy) is 1. The van der Waals surface area contributed by atoms with Crippen LogP contribution in [0.5, 0.6) is 17.2 Å². The molecule has 180 valence electrons. The Morgan fingerprint density at radius 1 is 0.943 bits per heavy atom. The average molecular weight is 474 g/mol. The molecule has 35 heavy (non-hydrogen) atoms. The summed E-state index contributed by atoms with van der Waals surface area (Å²) in [4.78, 5) is 26.1. The number of phenolic OH excluding ortho intramolecular Hbond substituents is 2. The summed E-state index contributed by atoms with van der Waals surface area (Å²) >= 11 is 0. The van der Waals surface area contributed by atoms with Gasteiger partial charge in [-0.2, -0.15) is 0 Å². The van der Waals surface area contributed by atoms with Crippen LogP contribution < -0.4 is 5.56 Å². The van der Waals surface area contributed by atoms with Gasteiger partial charge in [0.05, 0.1) is 19.1 Å². The standard InChI is InChI=1S/C28H27NO6/c1-17-14-25(32)27(28(34)29(17)13-12-18-10-11-23(30)24(31)15-18)22(16-26(33)35-2)21-9-5-7-19-6-3-4-8-20(19)21/h3-11,14-15,22,30-32H,12-13,16H2,1-2H3. The minimum Gasteiger partial charge on any atom is -0.507 e. The van der Waals surface area contributed by atoms with Gasteiger partial charge in [-0.25, -0.2) is 0 Å². The first kappa shape index (κ1) is 23.9. The lowest BCUT2D eigenvalue weighted by Crippen LogP contribution is -2.29. The number of aromatic nitrogens is 1. The summed E-state index contributed by atoms with van der Waals surface area (Å²) in [5.74, 6) is -1.83. The van der Waals surface area contributed by atoms with E-state index in [1.807, 2.05) is 42.5 Å². The van der Waals surface area contributed by atoms with Crippen molar-refractivity contribution in [1.29, 1.82) is 0 Å². The highest BCUT2D eigenvalue weighted by molar-refractivity contribution is 5.87. The number of esters is 1. The summed E-state index contributed by atoms with van der Waals surface area (Å²) in [6.45, 7) is 2.01. The predicted octanol–water partition coefficient (Wildman–Crippen LogP) is 4.36. The van der Waals surface area contributed by atoms with Crippen LogP contribution in [0.25, 0.3) is 10.8 Å². The molecule has 0 spiro atoms. The zero-order valence-corrected chi connectivity index (χ0v) is 19.6. The molecule has 1 heterocycles. The topological polar surface area (TPSA) is 109 Å². The van der Waals surface area contributed by atoms with Gasteiger partial charge in [-0.1, -0.05) is 48.5 Å². The molecule has 1 atom stereocenters. The van der Waals surface area contributed by atoms with Gasteiger partial charge in [-0.15, -0.1) is 0 Å². The Balaban J connectivity index is 1.82. The third-order valence-corrected chi connectivity index (χ3v) is 6.33. The van der Waals surface area contributed by atoms with Crippen molar-refractivity contribution < 1.29 is 24.9 Å². The van der Waals surface area contributed by atoms with E-state index in [1.165, 1.54) is 25.3 Å². The van der Waals surface area contributed by atoms with Gasteiger partial charge in [0, 0.05) is 18.2 Å². The first-order valence-corrected chi connectivity index (χ1v) is 11.3. The third-order valence-electron chi connectivity index (χ3n) is 6.33. The van der Waals surface area contributed by atoms with Crippen molar-refractivity contribution in [2.45, 2.75) is 32.2 Å². The number of carbonyl (C=O) groups excluding carboxylic acids is 1. The fraction of sp³-hybridized carbons (Fsp3) is 0.214. The van der Waals surface area contributed by atoms with Crippen LogP contribution >= 0.6 is 0 Å². The molecular weight excluding hydrogens is 446 g/mol. The molecule has 0 fully saturated rings. The largest absolute Gasteiger partial charge is 0.507 e. The molecule has 0 bridgehead atoms. The number of nitrogens with zero attached hydrogens (tertiary/aromatic N) is 1. The number of aryl methyl sites for hydroxylation is 2. The number of hydrogen-bond acceptors (Lipinski definition) is 6. The molecule has 0 aliphatic rings. The van der Waals surface area contributed by atoms with E-state index in [1.54, 1.807) is 17.6 Å². The lowest BCUT2D eigenvalue weighted by molar-refractivity contribution is -0.140. The van der Waals surface area contributed by atoms with Crippen molar-refractivity contribution in [3.05, 3.63) is 99.5 Å². The maximum Gasteiger partial charge on any atom is 0.306 e. The number of methoxy groups -OCH3 is 1. The maximum absolute atomic E-state index is 13.7. The number of carbonyl (C=O) groups is 1. The quantitative estimate of drug-likeness (QED) is 0.272. The van der Waals surface area contributed by atoms with Gasteiger partial charge in [0.1, 0.15) is 5.75 Å². The molecule has 1 aromatic heterocycles. The molecule has 0 aliphatic heterocycles. The van der Waals surface area contributed by atoms with Gasteiger partial charge >= 0.3 is 5.97 Å². The Morgan fingerprint density at radius 3 is 2.43 bits per heavy atom. The Labute approximate surface area is 202 Å². The van der Waals surface area contributed by atoms with Gasteiger partial charge < -0.3 is 24.6 Å². The van der Waals surface area contributed by atoms with Gasteiger partial charge in [0.25, 0.3) is 5.56 Å². The maximum atomic E-state index is 13.7. The fourth-order valence-corrected chi connectivity index (χ4v) is 4.51. The first-order chi connectivity index (χ1) is 16.8. The summed E-state index contributed by atoms with van der Waals surface area (Å²) in [5.41, 5.74) is 1.79. The van der Waals surface area contributed by atoms with Gasteiger partial charge in [-0.3, -0.25) is 9.59 Å². The van der Waals surface area contributed by atoms with Crippen molar-refractivity contribution >= 4 is 16.7 Å². The summed E-state index contributed by atoms with van der Waals surface area (Å²) in [7, 11) is 1.29. The highest BCUT2D eigenvalue weighted by Gasteiger charge is 2.27. The Bertz CT molecular complexity index is 1450. The third kappa shape index (κ3) is 4.84. The molecular formula is C28H27NO6. The SMILES string of the molecule is COC(=O)CC(c1c(O)cc(C)n(CCc2ccc(O)c(O)c2)c1=O)c1cccc2ccccc12. The van der Waals surface area contributed by atoms with Crippen LogP contribution in [0, 0.1) is 6.92 Å². The molecule has 0 amide bonds. The number of fused-ring (bicyclic) bond motifs is 1. The van der Waals surface area contributed by atoms with E-state index in [4.69, 9.17) is 4.74 Å². The van der Waals surface area contributed by atoms with E-state index >= 15 is 0 Å². The summed E-state index contributed by atoms with van der Waals surface area (Å²) in [6, 6.07) is 19.4. The van der Waals surface area contributed by atoms with Crippen LogP contribution in [0.1, 0.15) is 34.7 Å². The number of aromatic hydroxyl groups is 3. The number of pyridine rings is 1. The second-order valence-electron chi connectivity index (χ2n) is 8.52. The Hall–Kier alpha value is -4.26. The minimum absolute atomic E-state index is 0.109. The number of hydrogen-bond donors (Lipinski definition) is 3. The molecule has 0 saturated heterocycles. The zero-order valence-electron chi connectivity index (χ0n) is 19.6. The van der Waals surface area contributed by atoms with Crippen LogP contribution in [0.2, 0.25) is 0 Å². The number of rotatable bonds is 7. The molecule has 0 radical (unpaired) electrons. The molecule has 0 saturated carbocycles. The normalized spacial score (nSPS) is 11.9. The number of phenols is 2. The Kier molecular flexibility index (Phi) is 6.78. The van der Waals surface area contributed by atoms with Crippen LogP contribution in [-0.2, 0) is 22.5 Å². The van der Waals surface area contributed by atoms with Crippen molar-refractivity contribution in [2.75, 3.05) is 7.11 Å². The minimum atomic E-state index is -0.717.